The second-order valence-corrected chi connectivity index (χ2v) is 6.77. The number of aryl methyl sites for hydroxylation is 1. The lowest BCUT2D eigenvalue weighted by molar-refractivity contribution is -0.130. The van der Waals surface area contributed by atoms with Crippen LogP contribution in [0.25, 0.3) is 0 Å². The summed E-state index contributed by atoms with van der Waals surface area (Å²) in [7, 11) is 0. The number of likely N-dealkylation sites (tertiary alicyclic amines) is 2. The first kappa shape index (κ1) is 16.2. The third kappa shape index (κ3) is 4.19. The molecule has 1 aromatic heterocycles. The second kappa shape index (κ2) is 7.25. The fourth-order valence-corrected chi connectivity index (χ4v) is 3.74. The lowest BCUT2D eigenvalue weighted by atomic mass is 10.0. The Morgan fingerprint density at radius 2 is 2.04 bits per heavy atom. The molecule has 0 saturated carbocycles. The summed E-state index contributed by atoms with van der Waals surface area (Å²) in [4.78, 5) is 24.6. The number of amides is 1. The van der Waals surface area contributed by atoms with Crippen LogP contribution in [0.3, 0.4) is 0 Å². The summed E-state index contributed by atoms with van der Waals surface area (Å²) in [5.74, 6) is 1.15. The number of aromatic nitrogens is 2. The maximum atomic E-state index is 11.7. The van der Waals surface area contributed by atoms with E-state index in [0.29, 0.717) is 12.1 Å². The molecule has 0 spiro atoms. The number of anilines is 1. The van der Waals surface area contributed by atoms with Crippen molar-refractivity contribution < 1.29 is 4.79 Å². The van der Waals surface area contributed by atoms with Crippen molar-refractivity contribution in [2.75, 3.05) is 31.5 Å². The van der Waals surface area contributed by atoms with E-state index in [9.17, 15) is 4.79 Å². The summed E-state index contributed by atoms with van der Waals surface area (Å²) in [5.41, 5.74) is 0.991. The number of rotatable bonds is 4. The molecule has 2 saturated heterocycles. The molecule has 2 fully saturated rings. The van der Waals surface area contributed by atoms with Gasteiger partial charge in [0.2, 0.25) is 5.91 Å². The monoisotopic (exact) mass is 317 g/mol. The van der Waals surface area contributed by atoms with E-state index >= 15 is 0 Å². The highest BCUT2D eigenvalue weighted by atomic mass is 16.2. The largest absolute Gasteiger partial charge is 0.367 e. The third-order valence-corrected chi connectivity index (χ3v) is 4.99. The number of nitrogens with one attached hydrogen (secondary N) is 1. The molecular weight excluding hydrogens is 290 g/mol. The number of hydrogen-bond donors (Lipinski definition) is 1. The van der Waals surface area contributed by atoms with Gasteiger partial charge >= 0.3 is 0 Å². The minimum absolute atomic E-state index is 0.225. The molecule has 3 rings (SSSR count). The van der Waals surface area contributed by atoms with Crippen molar-refractivity contribution in [2.24, 2.45) is 0 Å². The van der Waals surface area contributed by atoms with Gasteiger partial charge in [0, 0.05) is 56.9 Å². The van der Waals surface area contributed by atoms with E-state index in [2.05, 4.69) is 20.2 Å². The molecule has 1 amide bonds. The van der Waals surface area contributed by atoms with E-state index in [0.717, 1.165) is 63.4 Å². The van der Waals surface area contributed by atoms with Crippen LogP contribution < -0.4 is 5.32 Å². The topological polar surface area (TPSA) is 61.4 Å². The first-order valence-electron chi connectivity index (χ1n) is 8.66. The van der Waals surface area contributed by atoms with Crippen molar-refractivity contribution in [1.82, 2.24) is 19.8 Å². The lowest BCUT2D eigenvalue weighted by Crippen LogP contribution is -2.46. The van der Waals surface area contributed by atoms with Crippen molar-refractivity contribution in [3.05, 3.63) is 18.1 Å². The van der Waals surface area contributed by atoms with Gasteiger partial charge in [-0.05, 0) is 32.6 Å². The number of carbonyl (C=O) groups excluding carboxylic acids is 1. The highest BCUT2D eigenvalue weighted by Crippen LogP contribution is 2.21. The summed E-state index contributed by atoms with van der Waals surface area (Å²) in [6.45, 7) is 7.81. The van der Waals surface area contributed by atoms with Crippen LogP contribution in [0, 0.1) is 6.92 Å². The summed E-state index contributed by atoms with van der Waals surface area (Å²) in [5, 5.41) is 3.52. The van der Waals surface area contributed by atoms with Gasteiger partial charge in [-0.2, -0.15) is 0 Å². The minimum Gasteiger partial charge on any atom is -0.367 e. The first-order chi connectivity index (χ1) is 11.1. The van der Waals surface area contributed by atoms with E-state index < -0.39 is 0 Å². The SMILES string of the molecule is CC(=O)N1CCCC1CN1CCC(Nc2cc(C)ncn2)CC1. The molecule has 0 aliphatic carbocycles. The highest BCUT2D eigenvalue weighted by molar-refractivity contribution is 5.73. The van der Waals surface area contributed by atoms with E-state index in [4.69, 9.17) is 0 Å². The van der Waals surface area contributed by atoms with E-state index in [-0.39, 0.29) is 5.91 Å². The summed E-state index contributed by atoms with van der Waals surface area (Å²) in [6, 6.07) is 2.89. The summed E-state index contributed by atoms with van der Waals surface area (Å²) >= 11 is 0. The smallest absolute Gasteiger partial charge is 0.219 e. The molecule has 1 unspecified atom stereocenters. The maximum absolute atomic E-state index is 11.7. The zero-order valence-corrected chi connectivity index (χ0v) is 14.2. The number of carbonyl (C=O) groups is 1. The van der Waals surface area contributed by atoms with Crippen molar-refractivity contribution in [1.29, 1.82) is 0 Å². The van der Waals surface area contributed by atoms with Crippen LogP contribution in [0.1, 0.15) is 38.3 Å². The molecule has 1 aromatic rings. The van der Waals surface area contributed by atoms with Crippen molar-refractivity contribution in [3.8, 4) is 0 Å². The Labute approximate surface area is 138 Å². The first-order valence-corrected chi connectivity index (χ1v) is 8.66. The van der Waals surface area contributed by atoms with E-state index in [1.807, 2.05) is 17.9 Å². The Morgan fingerprint density at radius 1 is 1.26 bits per heavy atom. The fourth-order valence-electron chi connectivity index (χ4n) is 3.74. The van der Waals surface area contributed by atoms with Gasteiger partial charge in [0.25, 0.3) is 0 Å². The Bertz CT molecular complexity index is 542. The highest BCUT2D eigenvalue weighted by Gasteiger charge is 2.29. The van der Waals surface area contributed by atoms with E-state index in [1.54, 1.807) is 13.3 Å². The molecule has 3 heterocycles. The summed E-state index contributed by atoms with van der Waals surface area (Å²) < 4.78 is 0. The second-order valence-electron chi connectivity index (χ2n) is 6.77. The lowest BCUT2D eigenvalue weighted by Gasteiger charge is -2.36. The van der Waals surface area contributed by atoms with Gasteiger partial charge < -0.3 is 15.1 Å². The zero-order chi connectivity index (χ0) is 16.2. The van der Waals surface area contributed by atoms with Crippen molar-refractivity contribution >= 4 is 11.7 Å². The van der Waals surface area contributed by atoms with Crippen molar-refractivity contribution in [2.45, 2.75) is 51.6 Å². The van der Waals surface area contributed by atoms with Crippen LogP contribution in [0.4, 0.5) is 5.82 Å². The minimum atomic E-state index is 0.225. The fraction of sp³-hybridized carbons (Fsp3) is 0.706. The van der Waals surface area contributed by atoms with Crippen LogP contribution in [-0.2, 0) is 4.79 Å². The predicted molar refractivity (Wildman–Crippen MR) is 90.3 cm³/mol. The van der Waals surface area contributed by atoms with Crippen molar-refractivity contribution in [3.63, 3.8) is 0 Å². The molecule has 1 atom stereocenters. The maximum Gasteiger partial charge on any atom is 0.219 e. The molecule has 0 radical (unpaired) electrons. The molecule has 0 aromatic carbocycles. The van der Waals surface area contributed by atoms with Gasteiger partial charge in [-0.3, -0.25) is 4.79 Å². The van der Waals surface area contributed by atoms with Gasteiger partial charge in [0.1, 0.15) is 12.1 Å². The van der Waals surface area contributed by atoms with Crippen LogP contribution >= 0.6 is 0 Å². The van der Waals surface area contributed by atoms with Gasteiger partial charge in [0.15, 0.2) is 0 Å². The average Bonchev–Trinajstić information content (AvgIpc) is 2.98. The Balaban J connectivity index is 1.46. The normalized spacial score (nSPS) is 23.2. The molecule has 23 heavy (non-hydrogen) atoms. The van der Waals surface area contributed by atoms with E-state index in [1.165, 1.54) is 0 Å². The Kier molecular flexibility index (Phi) is 5.10. The van der Waals surface area contributed by atoms with Crippen LogP contribution in [-0.4, -0.2) is 63.9 Å². The number of nitrogens with zero attached hydrogens (tertiary/aromatic N) is 4. The van der Waals surface area contributed by atoms with Crippen LogP contribution in [0.2, 0.25) is 0 Å². The zero-order valence-electron chi connectivity index (χ0n) is 14.2. The molecule has 2 aliphatic rings. The predicted octanol–water partition coefficient (Wildman–Crippen LogP) is 1.67. The molecule has 0 bridgehead atoms. The molecule has 6 heteroatoms. The standard InChI is InChI=1S/C17H27N5O/c1-13-10-17(19-12-18-13)20-15-5-8-21(9-6-15)11-16-4-3-7-22(16)14(2)23/h10,12,15-16H,3-9,11H2,1-2H3,(H,18,19,20). The number of hydrogen-bond acceptors (Lipinski definition) is 5. The van der Waals surface area contributed by atoms with Gasteiger partial charge in [-0.15, -0.1) is 0 Å². The molecule has 1 N–H and O–H groups in total. The third-order valence-electron chi connectivity index (χ3n) is 4.99. The molecule has 126 valence electrons. The quantitative estimate of drug-likeness (QED) is 0.915. The Hall–Kier alpha value is -1.69. The Morgan fingerprint density at radius 3 is 2.74 bits per heavy atom. The molecule has 2 aliphatic heterocycles. The molecular formula is C17H27N5O. The van der Waals surface area contributed by atoms with Gasteiger partial charge in [-0.1, -0.05) is 0 Å². The van der Waals surface area contributed by atoms with Crippen LogP contribution in [0.15, 0.2) is 12.4 Å². The van der Waals surface area contributed by atoms with Gasteiger partial charge in [-0.25, -0.2) is 9.97 Å². The van der Waals surface area contributed by atoms with Crippen LogP contribution in [0.5, 0.6) is 0 Å². The molecule has 6 nitrogen and oxygen atoms in total. The number of piperidine rings is 1. The summed E-state index contributed by atoms with van der Waals surface area (Å²) in [6.07, 6.45) is 6.15. The average molecular weight is 317 g/mol. The van der Waals surface area contributed by atoms with Gasteiger partial charge in [0.05, 0.1) is 0 Å².